The fraction of sp³-hybridized carbons (Fsp3) is 0.750. The minimum absolute atomic E-state index is 0.474. The van der Waals surface area contributed by atoms with Gasteiger partial charge in [-0.05, 0) is 14.0 Å². The number of nitrogens with one attached hydrogen (secondary N) is 1. The van der Waals surface area contributed by atoms with Crippen LogP contribution in [0.4, 0.5) is 0 Å². The third-order valence-corrected chi connectivity index (χ3v) is 3.48. The summed E-state index contributed by atoms with van der Waals surface area (Å²) in [7, 11) is 3.93. The van der Waals surface area contributed by atoms with Crippen LogP contribution in [0.2, 0.25) is 0 Å². The fourth-order valence-corrected chi connectivity index (χ4v) is 1.86. The van der Waals surface area contributed by atoms with E-state index in [1.165, 1.54) is 0 Å². The average molecular weight is 200 g/mol. The fourth-order valence-electron chi connectivity index (χ4n) is 0.882. The molecule has 0 spiro atoms. The van der Waals surface area contributed by atoms with Crippen LogP contribution in [0.5, 0.6) is 0 Å². The summed E-state index contributed by atoms with van der Waals surface area (Å²) >= 11 is 1.74. The Labute approximate surface area is 83.1 Å². The maximum atomic E-state index is 4.02. The molecule has 4 nitrogen and oxygen atoms in total. The number of nitrogens with zero attached hydrogens (tertiary/aromatic N) is 3. The van der Waals surface area contributed by atoms with Crippen LogP contribution in [-0.2, 0) is 7.05 Å². The Hall–Kier alpha value is -0.550. The van der Waals surface area contributed by atoms with Crippen molar-refractivity contribution in [2.24, 2.45) is 7.05 Å². The van der Waals surface area contributed by atoms with E-state index in [0.29, 0.717) is 11.3 Å². The molecule has 0 aliphatic rings. The molecule has 1 rings (SSSR count). The zero-order valence-corrected chi connectivity index (χ0v) is 9.30. The van der Waals surface area contributed by atoms with Crippen LogP contribution in [0.15, 0.2) is 11.5 Å². The normalized spacial score (nSPS) is 15.7. The first-order valence-electron chi connectivity index (χ1n) is 4.33. The van der Waals surface area contributed by atoms with E-state index in [4.69, 9.17) is 0 Å². The van der Waals surface area contributed by atoms with E-state index in [1.807, 2.05) is 18.7 Å². The van der Waals surface area contributed by atoms with Gasteiger partial charge in [-0.2, -0.15) is 0 Å². The van der Waals surface area contributed by atoms with E-state index < -0.39 is 0 Å². The van der Waals surface area contributed by atoms with Gasteiger partial charge in [0.1, 0.15) is 6.33 Å². The van der Waals surface area contributed by atoms with Gasteiger partial charge in [0.2, 0.25) is 0 Å². The van der Waals surface area contributed by atoms with E-state index in [1.54, 1.807) is 18.1 Å². The monoisotopic (exact) mass is 200 g/mol. The first-order chi connectivity index (χ1) is 6.15. The molecular weight excluding hydrogens is 184 g/mol. The van der Waals surface area contributed by atoms with Gasteiger partial charge in [-0.15, -0.1) is 10.2 Å². The molecule has 0 aliphatic heterocycles. The Kier molecular flexibility index (Phi) is 3.74. The molecule has 0 amide bonds. The van der Waals surface area contributed by atoms with Crippen molar-refractivity contribution in [1.82, 2.24) is 20.1 Å². The Morgan fingerprint density at radius 3 is 2.69 bits per heavy atom. The van der Waals surface area contributed by atoms with Gasteiger partial charge in [0.25, 0.3) is 0 Å². The van der Waals surface area contributed by atoms with Crippen LogP contribution < -0.4 is 5.32 Å². The van der Waals surface area contributed by atoms with E-state index in [9.17, 15) is 0 Å². The highest BCUT2D eigenvalue weighted by Crippen LogP contribution is 2.21. The standard InChI is InChI=1S/C8H16N4S/c1-6(9-3)7(2)13-8-11-10-5-12(8)4/h5-7,9H,1-4H3. The molecule has 2 atom stereocenters. The lowest BCUT2D eigenvalue weighted by molar-refractivity contribution is 0.603. The molecular formula is C8H16N4S. The highest BCUT2D eigenvalue weighted by molar-refractivity contribution is 7.99. The van der Waals surface area contributed by atoms with Crippen LogP contribution in [-0.4, -0.2) is 33.1 Å². The van der Waals surface area contributed by atoms with Gasteiger partial charge in [0.05, 0.1) is 0 Å². The molecule has 1 aromatic rings. The first kappa shape index (κ1) is 10.5. The second-order valence-corrected chi connectivity index (χ2v) is 4.47. The van der Waals surface area contributed by atoms with Crippen LogP contribution in [0.25, 0.3) is 0 Å². The molecule has 0 aliphatic carbocycles. The lowest BCUT2D eigenvalue weighted by Gasteiger charge is -2.17. The summed E-state index contributed by atoms with van der Waals surface area (Å²) < 4.78 is 1.93. The van der Waals surface area contributed by atoms with Crippen molar-refractivity contribution in [3.8, 4) is 0 Å². The lowest BCUT2D eigenvalue weighted by atomic mass is 10.3. The van der Waals surface area contributed by atoms with Gasteiger partial charge in [0, 0.05) is 18.3 Å². The van der Waals surface area contributed by atoms with Crippen LogP contribution in [0.3, 0.4) is 0 Å². The molecule has 0 bridgehead atoms. The van der Waals surface area contributed by atoms with Gasteiger partial charge in [-0.3, -0.25) is 0 Å². The predicted molar refractivity (Wildman–Crippen MR) is 54.8 cm³/mol. The first-order valence-corrected chi connectivity index (χ1v) is 5.21. The number of rotatable bonds is 4. The predicted octanol–water partition coefficient (Wildman–Crippen LogP) is 0.904. The van der Waals surface area contributed by atoms with Crippen molar-refractivity contribution < 1.29 is 0 Å². The highest BCUT2D eigenvalue weighted by atomic mass is 32.2. The Bertz CT molecular complexity index is 260. The molecule has 0 saturated carbocycles. The van der Waals surface area contributed by atoms with Gasteiger partial charge in [-0.1, -0.05) is 18.7 Å². The molecule has 74 valence electrons. The van der Waals surface area contributed by atoms with Crippen molar-refractivity contribution >= 4 is 11.8 Å². The van der Waals surface area contributed by atoms with Crippen molar-refractivity contribution in [3.63, 3.8) is 0 Å². The second kappa shape index (κ2) is 4.62. The maximum Gasteiger partial charge on any atom is 0.191 e. The molecule has 0 saturated heterocycles. The largest absolute Gasteiger partial charge is 0.316 e. The Balaban J connectivity index is 2.54. The van der Waals surface area contributed by atoms with Gasteiger partial charge >= 0.3 is 0 Å². The van der Waals surface area contributed by atoms with E-state index in [-0.39, 0.29) is 0 Å². The third kappa shape index (κ3) is 2.70. The molecule has 13 heavy (non-hydrogen) atoms. The molecule has 0 aromatic carbocycles. The molecule has 0 fully saturated rings. The summed E-state index contributed by atoms with van der Waals surface area (Å²) in [6.45, 7) is 4.34. The summed E-state index contributed by atoms with van der Waals surface area (Å²) in [6, 6.07) is 0.474. The molecule has 0 radical (unpaired) electrons. The highest BCUT2D eigenvalue weighted by Gasteiger charge is 2.13. The summed E-state index contributed by atoms with van der Waals surface area (Å²) in [5.74, 6) is 0. The average Bonchev–Trinajstić information content (AvgIpc) is 2.50. The van der Waals surface area contributed by atoms with Gasteiger partial charge < -0.3 is 9.88 Å². The Morgan fingerprint density at radius 2 is 2.23 bits per heavy atom. The van der Waals surface area contributed by atoms with Crippen LogP contribution in [0, 0.1) is 0 Å². The van der Waals surface area contributed by atoms with Crippen molar-refractivity contribution in [1.29, 1.82) is 0 Å². The van der Waals surface area contributed by atoms with Gasteiger partial charge in [-0.25, -0.2) is 0 Å². The maximum absolute atomic E-state index is 4.02. The quantitative estimate of drug-likeness (QED) is 0.733. The molecule has 5 heteroatoms. The number of hydrogen-bond donors (Lipinski definition) is 1. The molecule has 1 N–H and O–H groups in total. The van der Waals surface area contributed by atoms with Crippen molar-refractivity contribution in [3.05, 3.63) is 6.33 Å². The Morgan fingerprint density at radius 1 is 1.54 bits per heavy atom. The number of hydrogen-bond acceptors (Lipinski definition) is 4. The van der Waals surface area contributed by atoms with Crippen LogP contribution >= 0.6 is 11.8 Å². The third-order valence-electron chi connectivity index (χ3n) is 2.12. The summed E-state index contributed by atoms with van der Waals surface area (Å²) in [5.41, 5.74) is 0. The number of aryl methyl sites for hydroxylation is 1. The summed E-state index contributed by atoms with van der Waals surface area (Å²) in [5, 5.41) is 12.5. The smallest absolute Gasteiger partial charge is 0.191 e. The number of aromatic nitrogens is 3. The molecule has 1 heterocycles. The van der Waals surface area contributed by atoms with Crippen molar-refractivity contribution in [2.45, 2.75) is 30.3 Å². The van der Waals surface area contributed by atoms with Gasteiger partial charge in [0.15, 0.2) is 5.16 Å². The topological polar surface area (TPSA) is 42.7 Å². The molecule has 1 aromatic heterocycles. The zero-order valence-electron chi connectivity index (χ0n) is 8.48. The number of thioether (sulfide) groups is 1. The van der Waals surface area contributed by atoms with E-state index in [2.05, 4.69) is 29.4 Å². The van der Waals surface area contributed by atoms with E-state index >= 15 is 0 Å². The van der Waals surface area contributed by atoms with E-state index in [0.717, 1.165) is 5.16 Å². The minimum Gasteiger partial charge on any atom is -0.316 e. The lowest BCUT2D eigenvalue weighted by Crippen LogP contribution is -2.30. The summed E-state index contributed by atoms with van der Waals surface area (Å²) in [4.78, 5) is 0. The van der Waals surface area contributed by atoms with Crippen molar-refractivity contribution in [2.75, 3.05) is 7.05 Å². The molecule has 2 unspecified atom stereocenters. The SMILES string of the molecule is CNC(C)C(C)Sc1nncn1C. The summed E-state index contributed by atoms with van der Waals surface area (Å²) in [6.07, 6.45) is 1.72. The second-order valence-electron chi connectivity index (χ2n) is 3.12. The minimum atomic E-state index is 0.474. The van der Waals surface area contributed by atoms with Crippen LogP contribution in [0.1, 0.15) is 13.8 Å². The zero-order chi connectivity index (χ0) is 9.84.